The Morgan fingerprint density at radius 3 is 2.53 bits per heavy atom. The minimum Gasteiger partial charge on any atom is -0.366 e. The zero-order valence-electron chi connectivity index (χ0n) is 10.4. The van der Waals surface area contributed by atoms with Gasteiger partial charge in [0.1, 0.15) is 5.82 Å². The van der Waals surface area contributed by atoms with Gasteiger partial charge in [-0.3, -0.25) is 9.59 Å². The smallest absolute Gasteiger partial charge is 0.251 e. The van der Waals surface area contributed by atoms with Gasteiger partial charge in [-0.15, -0.1) is 0 Å². The Kier molecular flexibility index (Phi) is 3.53. The Hall–Kier alpha value is -1.95. The molecule has 0 radical (unpaired) electrons. The molecule has 1 aromatic rings. The summed E-state index contributed by atoms with van der Waals surface area (Å²) in [6.07, 6.45) is 2.47. The van der Waals surface area contributed by atoms with Crippen molar-refractivity contribution in [2.75, 3.05) is 11.9 Å². The van der Waals surface area contributed by atoms with Gasteiger partial charge in [-0.1, -0.05) is 6.42 Å². The normalized spacial score (nSPS) is 16.5. The van der Waals surface area contributed by atoms with E-state index >= 15 is 0 Å². The lowest BCUT2D eigenvalue weighted by molar-refractivity contribution is -0.129. The molecule has 0 spiro atoms. The van der Waals surface area contributed by atoms with Crippen LogP contribution in [0.1, 0.15) is 29.6 Å². The zero-order valence-corrected chi connectivity index (χ0v) is 10.4. The number of amides is 2. The van der Waals surface area contributed by atoms with Crippen molar-refractivity contribution in [2.45, 2.75) is 19.3 Å². The van der Waals surface area contributed by atoms with Crippen molar-refractivity contribution in [2.24, 2.45) is 16.9 Å². The molecule has 1 aromatic carbocycles. The first kappa shape index (κ1) is 13.5. The van der Waals surface area contributed by atoms with E-state index in [1.807, 2.05) is 0 Å². The van der Waals surface area contributed by atoms with Crippen molar-refractivity contribution in [1.29, 1.82) is 0 Å². The third-order valence-electron chi connectivity index (χ3n) is 3.67. The van der Waals surface area contributed by atoms with E-state index in [1.165, 1.54) is 12.1 Å². The maximum atomic E-state index is 13.3. The molecule has 19 heavy (non-hydrogen) atoms. The summed E-state index contributed by atoms with van der Waals surface area (Å²) in [5.74, 6) is -1.77. The number of benzene rings is 1. The molecule has 1 aliphatic rings. The standard InChI is InChI=1S/C13H16FN3O2/c14-10-3-2-8(6-9(10)11(16)18)17-12(19)13(7-15)4-1-5-13/h2-3,6H,1,4-5,7,15H2,(H2,16,18)(H,17,19). The molecule has 0 unspecified atom stereocenters. The van der Waals surface area contributed by atoms with E-state index in [9.17, 15) is 14.0 Å². The molecule has 0 aromatic heterocycles. The van der Waals surface area contributed by atoms with Crippen molar-refractivity contribution in [3.63, 3.8) is 0 Å². The second-order valence-corrected chi connectivity index (χ2v) is 4.85. The summed E-state index contributed by atoms with van der Waals surface area (Å²) in [6, 6.07) is 3.73. The first-order chi connectivity index (χ1) is 8.98. The number of nitrogens with two attached hydrogens (primary N) is 2. The Morgan fingerprint density at radius 1 is 1.37 bits per heavy atom. The maximum Gasteiger partial charge on any atom is 0.251 e. The molecule has 102 valence electrons. The first-order valence-electron chi connectivity index (χ1n) is 6.09. The second-order valence-electron chi connectivity index (χ2n) is 4.85. The molecular weight excluding hydrogens is 249 g/mol. The molecule has 0 heterocycles. The Bertz CT molecular complexity index is 521. The van der Waals surface area contributed by atoms with Crippen LogP contribution in [0, 0.1) is 11.2 Å². The predicted molar refractivity (Wildman–Crippen MR) is 68.9 cm³/mol. The van der Waals surface area contributed by atoms with Gasteiger partial charge in [-0.2, -0.15) is 0 Å². The fourth-order valence-electron chi connectivity index (χ4n) is 2.18. The number of hydrogen-bond acceptors (Lipinski definition) is 3. The average molecular weight is 265 g/mol. The highest BCUT2D eigenvalue weighted by atomic mass is 19.1. The van der Waals surface area contributed by atoms with Crippen LogP contribution in [0.5, 0.6) is 0 Å². The van der Waals surface area contributed by atoms with Crippen molar-refractivity contribution < 1.29 is 14.0 Å². The lowest BCUT2D eigenvalue weighted by Gasteiger charge is -2.39. The molecule has 6 heteroatoms. The number of nitrogens with one attached hydrogen (secondary N) is 1. The van der Waals surface area contributed by atoms with Crippen molar-refractivity contribution in [1.82, 2.24) is 0 Å². The van der Waals surface area contributed by atoms with Crippen LogP contribution in [0.15, 0.2) is 18.2 Å². The van der Waals surface area contributed by atoms with Crippen LogP contribution in [0.2, 0.25) is 0 Å². The summed E-state index contributed by atoms with van der Waals surface area (Å²) >= 11 is 0. The zero-order chi connectivity index (χ0) is 14.0. The first-order valence-corrected chi connectivity index (χ1v) is 6.09. The van der Waals surface area contributed by atoms with Crippen LogP contribution in [-0.2, 0) is 4.79 Å². The molecule has 2 amide bonds. The topological polar surface area (TPSA) is 98.2 Å². The van der Waals surface area contributed by atoms with Gasteiger partial charge in [0.25, 0.3) is 5.91 Å². The van der Waals surface area contributed by atoms with Gasteiger partial charge in [0, 0.05) is 12.2 Å². The van der Waals surface area contributed by atoms with Crippen LogP contribution >= 0.6 is 0 Å². The molecule has 1 fully saturated rings. The number of halogens is 1. The lowest BCUT2D eigenvalue weighted by Crippen LogP contribution is -2.47. The maximum absolute atomic E-state index is 13.3. The van der Waals surface area contributed by atoms with Gasteiger partial charge in [0.2, 0.25) is 5.91 Å². The van der Waals surface area contributed by atoms with Crippen molar-refractivity contribution in [3.8, 4) is 0 Å². The van der Waals surface area contributed by atoms with Crippen LogP contribution in [0.4, 0.5) is 10.1 Å². The molecule has 0 atom stereocenters. The molecule has 0 aliphatic heterocycles. The Labute approximate surface area is 110 Å². The van der Waals surface area contributed by atoms with Crippen LogP contribution in [-0.4, -0.2) is 18.4 Å². The minimum absolute atomic E-state index is 0.191. The van der Waals surface area contributed by atoms with Gasteiger partial charge in [-0.25, -0.2) is 4.39 Å². The highest BCUT2D eigenvalue weighted by molar-refractivity contribution is 5.98. The van der Waals surface area contributed by atoms with Crippen LogP contribution < -0.4 is 16.8 Å². The summed E-state index contributed by atoms with van der Waals surface area (Å²) in [5.41, 5.74) is 10.3. The number of anilines is 1. The van der Waals surface area contributed by atoms with E-state index in [0.717, 1.165) is 25.3 Å². The predicted octanol–water partition coefficient (Wildman–Crippen LogP) is 0.992. The molecular formula is C13H16FN3O2. The van der Waals surface area contributed by atoms with Crippen LogP contribution in [0.25, 0.3) is 0 Å². The largest absolute Gasteiger partial charge is 0.366 e. The van der Waals surface area contributed by atoms with E-state index in [4.69, 9.17) is 11.5 Å². The summed E-state index contributed by atoms with van der Waals surface area (Å²) < 4.78 is 13.3. The van der Waals surface area contributed by atoms with Crippen molar-refractivity contribution in [3.05, 3.63) is 29.6 Å². The molecule has 1 aliphatic carbocycles. The van der Waals surface area contributed by atoms with Gasteiger partial charge < -0.3 is 16.8 Å². The summed E-state index contributed by atoms with van der Waals surface area (Å²) in [4.78, 5) is 23.1. The number of hydrogen-bond donors (Lipinski definition) is 3. The van der Waals surface area contributed by atoms with E-state index in [1.54, 1.807) is 0 Å². The minimum atomic E-state index is -0.870. The monoisotopic (exact) mass is 265 g/mol. The van der Waals surface area contributed by atoms with Crippen LogP contribution in [0.3, 0.4) is 0 Å². The average Bonchev–Trinajstić information content (AvgIpc) is 2.30. The Balaban J connectivity index is 2.17. The lowest BCUT2D eigenvalue weighted by atomic mass is 9.68. The second kappa shape index (κ2) is 4.97. The van der Waals surface area contributed by atoms with Gasteiger partial charge in [0.05, 0.1) is 11.0 Å². The van der Waals surface area contributed by atoms with E-state index in [-0.39, 0.29) is 18.0 Å². The molecule has 1 saturated carbocycles. The third kappa shape index (κ3) is 2.44. The molecule has 5 nitrogen and oxygen atoms in total. The third-order valence-corrected chi connectivity index (χ3v) is 3.67. The Morgan fingerprint density at radius 2 is 2.05 bits per heavy atom. The molecule has 0 saturated heterocycles. The summed E-state index contributed by atoms with van der Waals surface area (Å²) in [6.45, 7) is 0.280. The highest BCUT2D eigenvalue weighted by Crippen LogP contribution is 2.40. The van der Waals surface area contributed by atoms with Gasteiger partial charge in [0.15, 0.2) is 0 Å². The number of rotatable bonds is 4. The quantitative estimate of drug-likeness (QED) is 0.757. The highest BCUT2D eigenvalue weighted by Gasteiger charge is 2.42. The van der Waals surface area contributed by atoms with Gasteiger partial charge in [-0.05, 0) is 31.0 Å². The SMILES string of the molecule is NCC1(C(=O)Nc2ccc(F)c(C(N)=O)c2)CCC1. The van der Waals surface area contributed by atoms with Gasteiger partial charge >= 0.3 is 0 Å². The fourth-order valence-corrected chi connectivity index (χ4v) is 2.18. The molecule has 5 N–H and O–H groups in total. The van der Waals surface area contributed by atoms with E-state index in [0.29, 0.717) is 5.69 Å². The van der Waals surface area contributed by atoms with E-state index < -0.39 is 17.1 Å². The van der Waals surface area contributed by atoms with E-state index in [2.05, 4.69) is 5.32 Å². The number of primary amides is 1. The number of carbonyl (C=O) groups excluding carboxylic acids is 2. The summed E-state index contributed by atoms with van der Waals surface area (Å²) in [7, 11) is 0. The molecule has 2 rings (SSSR count). The van der Waals surface area contributed by atoms with Crippen molar-refractivity contribution >= 4 is 17.5 Å². The fraction of sp³-hybridized carbons (Fsp3) is 0.385. The number of carbonyl (C=O) groups is 2. The summed E-state index contributed by atoms with van der Waals surface area (Å²) in [5, 5.41) is 2.66. The molecule has 0 bridgehead atoms.